The standard InChI is InChI=1S/C17H28N2O/c1-3-12-20-16-9-7-8-15(13-16)14-17(2,18)19-10-5-4-6-11-19/h7-9,13H,3-6,10-12,14,18H2,1-2H3. The second-order valence-electron chi connectivity index (χ2n) is 6.08. The summed E-state index contributed by atoms with van der Waals surface area (Å²) < 4.78 is 5.70. The van der Waals surface area contributed by atoms with E-state index in [0.29, 0.717) is 0 Å². The molecule has 2 rings (SSSR count). The summed E-state index contributed by atoms with van der Waals surface area (Å²) in [6, 6.07) is 8.36. The molecule has 3 nitrogen and oxygen atoms in total. The van der Waals surface area contributed by atoms with Crippen molar-refractivity contribution < 1.29 is 4.74 Å². The highest BCUT2D eigenvalue weighted by Gasteiger charge is 2.28. The van der Waals surface area contributed by atoms with E-state index in [2.05, 4.69) is 36.9 Å². The van der Waals surface area contributed by atoms with Crippen LogP contribution >= 0.6 is 0 Å². The van der Waals surface area contributed by atoms with Gasteiger partial charge in [0.05, 0.1) is 12.3 Å². The Morgan fingerprint density at radius 1 is 1.25 bits per heavy atom. The number of nitrogens with zero attached hydrogens (tertiary/aromatic N) is 1. The molecule has 1 aromatic rings. The molecular weight excluding hydrogens is 248 g/mol. The van der Waals surface area contributed by atoms with Gasteiger partial charge in [0.15, 0.2) is 0 Å². The van der Waals surface area contributed by atoms with Crippen LogP contribution in [0.2, 0.25) is 0 Å². The quantitative estimate of drug-likeness (QED) is 0.867. The van der Waals surface area contributed by atoms with Crippen molar-refractivity contribution >= 4 is 0 Å². The molecule has 0 aromatic heterocycles. The lowest BCUT2D eigenvalue weighted by atomic mass is 9.97. The fraction of sp³-hybridized carbons (Fsp3) is 0.647. The van der Waals surface area contributed by atoms with E-state index in [9.17, 15) is 0 Å². The van der Waals surface area contributed by atoms with Crippen LogP contribution in [0.1, 0.15) is 45.1 Å². The molecule has 1 aliphatic rings. The Bertz CT molecular complexity index is 411. The largest absolute Gasteiger partial charge is 0.494 e. The number of likely N-dealkylation sites (tertiary alicyclic amines) is 1. The van der Waals surface area contributed by atoms with Crippen molar-refractivity contribution in [1.29, 1.82) is 0 Å². The minimum Gasteiger partial charge on any atom is -0.494 e. The topological polar surface area (TPSA) is 38.5 Å². The van der Waals surface area contributed by atoms with Crippen LogP contribution < -0.4 is 10.5 Å². The van der Waals surface area contributed by atoms with Crippen LogP contribution in [-0.4, -0.2) is 30.3 Å². The number of hydrogen-bond donors (Lipinski definition) is 1. The van der Waals surface area contributed by atoms with E-state index in [1.807, 2.05) is 6.07 Å². The molecule has 1 aromatic carbocycles. The van der Waals surface area contributed by atoms with Gasteiger partial charge in [0.2, 0.25) is 0 Å². The number of rotatable bonds is 6. The van der Waals surface area contributed by atoms with Crippen LogP contribution in [0.5, 0.6) is 5.75 Å². The summed E-state index contributed by atoms with van der Waals surface area (Å²) in [5.74, 6) is 0.957. The van der Waals surface area contributed by atoms with Crippen molar-refractivity contribution in [3.8, 4) is 5.75 Å². The number of nitrogens with two attached hydrogens (primary N) is 1. The third-order valence-corrected chi connectivity index (χ3v) is 4.01. The van der Waals surface area contributed by atoms with E-state index in [0.717, 1.165) is 38.3 Å². The molecule has 0 bridgehead atoms. The fourth-order valence-electron chi connectivity index (χ4n) is 2.89. The lowest BCUT2D eigenvalue weighted by molar-refractivity contribution is 0.0855. The van der Waals surface area contributed by atoms with Gasteiger partial charge in [-0.25, -0.2) is 0 Å². The average molecular weight is 276 g/mol. The molecule has 0 saturated carbocycles. The molecule has 0 amide bonds. The van der Waals surface area contributed by atoms with E-state index in [1.165, 1.54) is 24.8 Å². The maximum Gasteiger partial charge on any atom is 0.119 e. The van der Waals surface area contributed by atoms with Crippen molar-refractivity contribution in [2.45, 2.75) is 51.6 Å². The summed E-state index contributed by atoms with van der Waals surface area (Å²) in [6.45, 7) is 7.29. The predicted molar refractivity (Wildman–Crippen MR) is 83.9 cm³/mol. The van der Waals surface area contributed by atoms with E-state index < -0.39 is 0 Å². The Hall–Kier alpha value is -1.06. The molecule has 0 radical (unpaired) electrons. The summed E-state index contributed by atoms with van der Waals surface area (Å²) in [6.07, 6.45) is 5.79. The molecular formula is C17H28N2O. The zero-order valence-corrected chi connectivity index (χ0v) is 12.9. The van der Waals surface area contributed by atoms with Gasteiger partial charge >= 0.3 is 0 Å². The van der Waals surface area contributed by atoms with Gasteiger partial charge in [-0.2, -0.15) is 0 Å². The first-order valence-electron chi connectivity index (χ1n) is 7.87. The zero-order valence-electron chi connectivity index (χ0n) is 12.9. The lowest BCUT2D eigenvalue weighted by Gasteiger charge is -2.40. The van der Waals surface area contributed by atoms with Crippen molar-refractivity contribution in [3.63, 3.8) is 0 Å². The summed E-state index contributed by atoms with van der Waals surface area (Å²) in [7, 11) is 0. The van der Waals surface area contributed by atoms with E-state index in [-0.39, 0.29) is 5.66 Å². The van der Waals surface area contributed by atoms with Gasteiger partial charge in [-0.1, -0.05) is 25.5 Å². The van der Waals surface area contributed by atoms with Crippen molar-refractivity contribution in [2.24, 2.45) is 5.73 Å². The Balaban J connectivity index is 2.00. The van der Waals surface area contributed by atoms with Crippen LogP contribution in [0.4, 0.5) is 0 Å². The maximum atomic E-state index is 6.56. The first-order valence-corrected chi connectivity index (χ1v) is 7.87. The van der Waals surface area contributed by atoms with Crippen LogP contribution in [0.15, 0.2) is 24.3 Å². The Kier molecular flexibility index (Phi) is 5.44. The van der Waals surface area contributed by atoms with Crippen molar-refractivity contribution in [1.82, 2.24) is 4.90 Å². The molecule has 112 valence electrons. The van der Waals surface area contributed by atoms with E-state index in [4.69, 9.17) is 10.5 Å². The highest BCUT2D eigenvalue weighted by molar-refractivity contribution is 5.29. The van der Waals surface area contributed by atoms with E-state index in [1.54, 1.807) is 0 Å². The molecule has 1 saturated heterocycles. The van der Waals surface area contributed by atoms with Crippen molar-refractivity contribution in [3.05, 3.63) is 29.8 Å². The summed E-state index contributed by atoms with van der Waals surface area (Å²) in [4.78, 5) is 2.43. The summed E-state index contributed by atoms with van der Waals surface area (Å²) in [5, 5.41) is 0. The van der Waals surface area contributed by atoms with Crippen LogP contribution in [0.25, 0.3) is 0 Å². The first-order chi connectivity index (χ1) is 9.62. The molecule has 1 fully saturated rings. The third-order valence-electron chi connectivity index (χ3n) is 4.01. The van der Waals surface area contributed by atoms with Gasteiger partial charge in [0, 0.05) is 6.42 Å². The van der Waals surface area contributed by atoms with Crippen LogP contribution in [0, 0.1) is 0 Å². The minimum absolute atomic E-state index is 0.260. The molecule has 0 aliphatic carbocycles. The van der Waals surface area contributed by atoms with Gasteiger partial charge in [-0.3, -0.25) is 4.90 Å². The minimum atomic E-state index is -0.260. The van der Waals surface area contributed by atoms with Gasteiger partial charge in [-0.15, -0.1) is 0 Å². The zero-order chi connectivity index (χ0) is 14.4. The molecule has 0 spiro atoms. The number of ether oxygens (including phenoxy) is 1. The Morgan fingerprint density at radius 2 is 2.00 bits per heavy atom. The second kappa shape index (κ2) is 7.09. The highest BCUT2D eigenvalue weighted by Crippen LogP contribution is 2.22. The number of benzene rings is 1. The summed E-state index contributed by atoms with van der Waals surface area (Å²) >= 11 is 0. The molecule has 1 unspecified atom stereocenters. The Morgan fingerprint density at radius 3 is 2.70 bits per heavy atom. The Labute approximate surface area is 123 Å². The smallest absolute Gasteiger partial charge is 0.119 e. The van der Waals surface area contributed by atoms with Gasteiger partial charge in [-0.05, 0) is 57.0 Å². The lowest BCUT2D eigenvalue weighted by Crippen LogP contribution is -2.56. The monoisotopic (exact) mass is 276 g/mol. The number of hydrogen-bond acceptors (Lipinski definition) is 3. The fourth-order valence-corrected chi connectivity index (χ4v) is 2.89. The molecule has 2 N–H and O–H groups in total. The molecule has 3 heteroatoms. The van der Waals surface area contributed by atoms with Gasteiger partial charge in [0.1, 0.15) is 5.75 Å². The summed E-state index contributed by atoms with van der Waals surface area (Å²) in [5.41, 5.74) is 7.56. The SMILES string of the molecule is CCCOc1cccc(CC(C)(N)N2CCCCC2)c1. The molecule has 1 atom stereocenters. The molecule has 1 heterocycles. The second-order valence-corrected chi connectivity index (χ2v) is 6.08. The number of piperidine rings is 1. The maximum absolute atomic E-state index is 6.56. The average Bonchev–Trinajstić information content (AvgIpc) is 2.46. The van der Waals surface area contributed by atoms with Crippen LogP contribution in [-0.2, 0) is 6.42 Å². The molecule has 1 aliphatic heterocycles. The highest BCUT2D eigenvalue weighted by atomic mass is 16.5. The third kappa shape index (κ3) is 4.22. The molecule has 20 heavy (non-hydrogen) atoms. The van der Waals surface area contributed by atoms with E-state index >= 15 is 0 Å². The van der Waals surface area contributed by atoms with Crippen LogP contribution in [0.3, 0.4) is 0 Å². The normalized spacial score (nSPS) is 19.6. The van der Waals surface area contributed by atoms with Gasteiger partial charge in [0.25, 0.3) is 0 Å². The van der Waals surface area contributed by atoms with Gasteiger partial charge < -0.3 is 10.5 Å². The van der Waals surface area contributed by atoms with Crippen molar-refractivity contribution in [2.75, 3.05) is 19.7 Å². The predicted octanol–water partition coefficient (Wildman–Crippen LogP) is 3.18. The first kappa shape index (κ1) is 15.3.